The molecule has 0 saturated heterocycles. The first-order valence-corrected chi connectivity index (χ1v) is 6.39. The van der Waals surface area contributed by atoms with Gasteiger partial charge in [0.15, 0.2) is 0 Å². The van der Waals surface area contributed by atoms with Crippen LogP contribution in [0.3, 0.4) is 0 Å². The van der Waals surface area contributed by atoms with E-state index in [1.54, 1.807) is 0 Å². The lowest BCUT2D eigenvalue weighted by atomic mass is 10.2. The quantitative estimate of drug-likeness (QED) is 0.852. The van der Waals surface area contributed by atoms with E-state index in [0.29, 0.717) is 17.7 Å². The average molecular weight is 272 g/mol. The molecule has 17 heavy (non-hydrogen) atoms. The van der Waals surface area contributed by atoms with E-state index in [-0.39, 0.29) is 0 Å². The zero-order valence-electron chi connectivity index (χ0n) is 9.51. The lowest BCUT2D eigenvalue weighted by Crippen LogP contribution is -2.16. The molecule has 4 heteroatoms. The SMILES string of the molecule is C=C(Cl)COc1cccc(Cl)c1CNC1CC1. The minimum atomic E-state index is 0.304. The van der Waals surface area contributed by atoms with Gasteiger partial charge in [0, 0.05) is 28.2 Å². The molecule has 0 bridgehead atoms. The Morgan fingerprint density at radius 1 is 1.47 bits per heavy atom. The molecule has 92 valence electrons. The molecule has 1 N–H and O–H groups in total. The molecule has 1 saturated carbocycles. The van der Waals surface area contributed by atoms with E-state index in [4.69, 9.17) is 27.9 Å². The highest BCUT2D eigenvalue weighted by atomic mass is 35.5. The van der Waals surface area contributed by atoms with Crippen molar-refractivity contribution in [1.29, 1.82) is 0 Å². The lowest BCUT2D eigenvalue weighted by molar-refractivity contribution is 0.354. The molecule has 1 aliphatic rings. The van der Waals surface area contributed by atoms with Gasteiger partial charge in [-0.05, 0) is 25.0 Å². The Balaban J connectivity index is 2.05. The summed E-state index contributed by atoms with van der Waals surface area (Å²) in [5.41, 5.74) is 0.985. The van der Waals surface area contributed by atoms with Gasteiger partial charge in [-0.2, -0.15) is 0 Å². The summed E-state index contributed by atoms with van der Waals surface area (Å²) in [5, 5.41) is 4.62. The zero-order valence-corrected chi connectivity index (χ0v) is 11.0. The predicted octanol–water partition coefficient (Wildman–Crippen LogP) is 3.72. The van der Waals surface area contributed by atoms with E-state index in [1.165, 1.54) is 12.8 Å². The van der Waals surface area contributed by atoms with Gasteiger partial charge < -0.3 is 10.1 Å². The molecule has 0 heterocycles. The molecule has 2 rings (SSSR count). The number of hydrogen-bond donors (Lipinski definition) is 1. The van der Waals surface area contributed by atoms with Crippen LogP contribution < -0.4 is 10.1 Å². The van der Waals surface area contributed by atoms with Crippen molar-refractivity contribution in [3.8, 4) is 5.75 Å². The third-order valence-corrected chi connectivity index (χ3v) is 3.07. The second-order valence-corrected chi connectivity index (χ2v) is 5.12. The van der Waals surface area contributed by atoms with E-state index in [0.717, 1.165) is 22.9 Å². The Bertz CT molecular complexity index is 416. The monoisotopic (exact) mass is 271 g/mol. The minimum absolute atomic E-state index is 0.304. The first kappa shape index (κ1) is 12.7. The standard InChI is InChI=1S/C13H15Cl2NO/c1-9(14)8-17-13-4-2-3-12(15)11(13)7-16-10-5-6-10/h2-4,10,16H,1,5-8H2. The predicted molar refractivity (Wildman–Crippen MR) is 71.8 cm³/mol. The number of halogens is 2. The van der Waals surface area contributed by atoms with Gasteiger partial charge in [0.05, 0.1) is 0 Å². The summed E-state index contributed by atoms with van der Waals surface area (Å²) in [4.78, 5) is 0. The summed E-state index contributed by atoms with van der Waals surface area (Å²) < 4.78 is 5.58. The first-order valence-electron chi connectivity index (χ1n) is 5.63. The van der Waals surface area contributed by atoms with Crippen molar-refractivity contribution < 1.29 is 4.74 Å². The molecule has 0 atom stereocenters. The highest BCUT2D eigenvalue weighted by molar-refractivity contribution is 6.31. The molecule has 0 amide bonds. The van der Waals surface area contributed by atoms with Crippen LogP contribution in [0.5, 0.6) is 5.75 Å². The second-order valence-electron chi connectivity index (χ2n) is 4.18. The van der Waals surface area contributed by atoms with Crippen LogP contribution in [0, 0.1) is 0 Å². The maximum Gasteiger partial charge on any atom is 0.125 e. The summed E-state index contributed by atoms with van der Waals surface area (Å²) >= 11 is 11.9. The molecular weight excluding hydrogens is 257 g/mol. The fourth-order valence-electron chi connectivity index (χ4n) is 1.54. The number of hydrogen-bond acceptors (Lipinski definition) is 2. The van der Waals surface area contributed by atoms with Crippen molar-refractivity contribution >= 4 is 23.2 Å². The molecule has 0 aromatic heterocycles. The van der Waals surface area contributed by atoms with Gasteiger partial charge in [0.1, 0.15) is 12.4 Å². The molecule has 0 aliphatic heterocycles. The van der Waals surface area contributed by atoms with E-state index in [1.807, 2.05) is 18.2 Å². The molecule has 0 spiro atoms. The number of rotatable bonds is 6. The summed E-state index contributed by atoms with van der Waals surface area (Å²) in [5.74, 6) is 0.771. The van der Waals surface area contributed by atoms with Crippen LogP contribution in [0.1, 0.15) is 18.4 Å². The van der Waals surface area contributed by atoms with Gasteiger partial charge in [-0.3, -0.25) is 0 Å². The smallest absolute Gasteiger partial charge is 0.125 e. The van der Waals surface area contributed by atoms with Gasteiger partial charge in [0.2, 0.25) is 0 Å². The fourth-order valence-corrected chi connectivity index (χ4v) is 1.82. The Hall–Kier alpha value is -0.700. The fraction of sp³-hybridized carbons (Fsp3) is 0.385. The molecule has 1 aromatic rings. The molecule has 0 radical (unpaired) electrons. The lowest BCUT2D eigenvalue weighted by Gasteiger charge is -2.13. The minimum Gasteiger partial charge on any atom is -0.488 e. The third kappa shape index (κ3) is 3.91. The molecule has 1 aromatic carbocycles. The first-order chi connectivity index (χ1) is 8.16. The second kappa shape index (κ2) is 5.76. The molecule has 0 unspecified atom stereocenters. The van der Waals surface area contributed by atoms with Gasteiger partial charge >= 0.3 is 0 Å². The van der Waals surface area contributed by atoms with Gasteiger partial charge in [-0.1, -0.05) is 35.8 Å². The molecule has 1 fully saturated rings. The summed E-state index contributed by atoms with van der Waals surface area (Å²) in [6.45, 7) is 4.63. The molecule has 2 nitrogen and oxygen atoms in total. The van der Waals surface area contributed by atoms with Crippen LogP contribution in [0.15, 0.2) is 29.8 Å². The Kier molecular flexibility index (Phi) is 4.32. The van der Waals surface area contributed by atoms with Crippen molar-refractivity contribution in [2.45, 2.75) is 25.4 Å². The number of benzene rings is 1. The van der Waals surface area contributed by atoms with Crippen molar-refractivity contribution in [2.24, 2.45) is 0 Å². The Morgan fingerprint density at radius 2 is 2.24 bits per heavy atom. The van der Waals surface area contributed by atoms with Crippen LogP contribution in [0.25, 0.3) is 0 Å². The topological polar surface area (TPSA) is 21.3 Å². The van der Waals surface area contributed by atoms with E-state index >= 15 is 0 Å². The van der Waals surface area contributed by atoms with Crippen molar-refractivity contribution in [1.82, 2.24) is 5.32 Å². The summed E-state index contributed by atoms with van der Waals surface area (Å²) in [7, 11) is 0. The van der Waals surface area contributed by atoms with Gasteiger partial charge in [-0.15, -0.1) is 0 Å². The normalized spacial score (nSPS) is 14.7. The largest absolute Gasteiger partial charge is 0.488 e. The maximum atomic E-state index is 6.17. The number of ether oxygens (including phenoxy) is 1. The van der Waals surface area contributed by atoms with Crippen LogP contribution >= 0.6 is 23.2 Å². The Labute approximate surface area is 112 Å². The van der Waals surface area contributed by atoms with Crippen LogP contribution in [0.4, 0.5) is 0 Å². The van der Waals surface area contributed by atoms with Crippen LogP contribution in [-0.2, 0) is 6.54 Å². The van der Waals surface area contributed by atoms with E-state index < -0.39 is 0 Å². The zero-order chi connectivity index (χ0) is 12.3. The van der Waals surface area contributed by atoms with Gasteiger partial charge in [0.25, 0.3) is 0 Å². The summed E-state index contributed by atoms with van der Waals surface area (Å²) in [6.07, 6.45) is 2.50. The van der Waals surface area contributed by atoms with E-state index in [2.05, 4.69) is 11.9 Å². The summed E-state index contributed by atoms with van der Waals surface area (Å²) in [6, 6.07) is 6.28. The molecule has 1 aliphatic carbocycles. The van der Waals surface area contributed by atoms with Crippen molar-refractivity contribution in [2.75, 3.05) is 6.61 Å². The Morgan fingerprint density at radius 3 is 2.88 bits per heavy atom. The van der Waals surface area contributed by atoms with Crippen molar-refractivity contribution in [3.05, 3.63) is 40.4 Å². The average Bonchev–Trinajstić information content (AvgIpc) is 3.08. The number of nitrogens with one attached hydrogen (secondary N) is 1. The van der Waals surface area contributed by atoms with Gasteiger partial charge in [-0.25, -0.2) is 0 Å². The third-order valence-electron chi connectivity index (χ3n) is 2.61. The molecular formula is C13H15Cl2NO. The highest BCUT2D eigenvalue weighted by Crippen LogP contribution is 2.28. The van der Waals surface area contributed by atoms with E-state index in [9.17, 15) is 0 Å². The van der Waals surface area contributed by atoms with Crippen molar-refractivity contribution in [3.63, 3.8) is 0 Å². The highest BCUT2D eigenvalue weighted by Gasteiger charge is 2.21. The van der Waals surface area contributed by atoms with Crippen LogP contribution in [0.2, 0.25) is 5.02 Å². The maximum absolute atomic E-state index is 6.17. The van der Waals surface area contributed by atoms with Crippen LogP contribution in [-0.4, -0.2) is 12.6 Å².